The number of nitrogens with zero attached hydrogens (tertiary/aromatic N) is 7. The number of imidazole rings is 2. The molecule has 23 heteroatoms. The predicted molar refractivity (Wildman–Crippen MR) is 417 cm³/mol. The second-order valence-corrected chi connectivity index (χ2v) is 33.1. The van der Waals surface area contributed by atoms with Crippen molar-refractivity contribution in [1.29, 1.82) is 0 Å². The first-order valence-electron chi connectivity index (χ1n) is 39.3. The Labute approximate surface area is 637 Å². The van der Waals surface area contributed by atoms with Gasteiger partial charge in [0, 0.05) is 78.8 Å². The van der Waals surface area contributed by atoms with Gasteiger partial charge in [0.15, 0.2) is 0 Å². The number of aromatic amines is 2. The third-order valence-corrected chi connectivity index (χ3v) is 24.1. The van der Waals surface area contributed by atoms with Gasteiger partial charge < -0.3 is 64.3 Å². The van der Waals surface area contributed by atoms with E-state index in [1.165, 1.54) is 36.5 Å². The molecule has 9 heterocycles. The number of aromatic nitrogens is 4. The van der Waals surface area contributed by atoms with Crippen LogP contribution < -0.4 is 20.1 Å². The molecule has 5 aromatic carbocycles. The third-order valence-electron chi connectivity index (χ3n) is 24.1. The van der Waals surface area contributed by atoms with E-state index < -0.39 is 29.9 Å². The molecule has 9 aliphatic rings. The number of amides is 5. The molecule has 0 bridgehead atoms. The number of rotatable bonds is 16. The zero-order valence-electron chi connectivity index (χ0n) is 64.6. The summed E-state index contributed by atoms with van der Waals surface area (Å²) in [5, 5.41) is 26.8. The fourth-order valence-corrected chi connectivity index (χ4v) is 18.4. The van der Waals surface area contributed by atoms with Crippen LogP contribution in [0.3, 0.4) is 0 Å². The van der Waals surface area contributed by atoms with Crippen molar-refractivity contribution in [1.82, 2.24) is 45.3 Å². The lowest BCUT2D eigenvalue weighted by Gasteiger charge is -2.34. The summed E-state index contributed by atoms with van der Waals surface area (Å²) in [5.41, 5.74) is 18.9. The lowest BCUT2D eigenvalue weighted by atomic mass is 9.83. The third kappa shape index (κ3) is 14.7. The SMILES string of the molecule is COC(=O)N[C@H](C(=O)N1[C@@H](C)CC[C@H]1C1=NC2=C(C1)c1cc3c(cc1CC2)-c1ccc(-c2cnc([C@@H]4C[C@H](CCO)CN4C(=O)OC(C)(C)C)[nH]2)cc1CO3)C(C)C.COC(=O)N[C@H](C(=O)N1[C@@H](C)CC[C@H]1C1=Nc2ccc3cc4c(cc3c2C1)OCc1cc(-c2cnc([C@H]3CC[C@@H](CCO)C3)[nH]2)ccc1-4)C(C)C. The number of aliphatic imine (C=N–C) groups is 2. The standard InChI is InChI=1S/C45H56N6O7.C41H47N5O5/c1-24(2)40(49-43(54)56-7)42(53)51-25(3)8-13-37(51)35-19-32-31-20-39-33(18-27(31)10-12-34(32)47-35)30-11-9-28(17-29(30)23-57-39)36-21-46-41(48-36)38-16-26(14-15-52)22-50(38)44(55)58-45(4,5)6;1-22(2)38(45-41(49)50-4)40(48)46-23(3)5-12-36(46)34-18-31-30-19-37-32(17-25(30)9-11-33(31)43-34)29-10-8-26(16-28(29)21-51-37)35-20-42-39(44-35)27-7-6-24(15-27)13-14-47/h9,11,17-18,20-21,24-26,37-38,40,52H,8,10,12-16,19,22-23H2,1-7H3,(H,46,48)(H,49,54);8-11,16-17,19-20,22-24,27,36,38,47H,5-7,12-15,18,21H2,1-4H3,(H,42,44)(H,45,49)/t25-,26-,37-,38-,40-;23-,24-,27-,36-,38-/m00/s1. The Morgan fingerprint density at radius 1 is 0.606 bits per heavy atom. The second-order valence-electron chi connectivity index (χ2n) is 33.1. The van der Waals surface area contributed by atoms with Crippen molar-refractivity contribution in [3.8, 4) is 56.3 Å². The van der Waals surface area contributed by atoms with Gasteiger partial charge in [-0.1, -0.05) is 58.0 Å². The van der Waals surface area contributed by atoms with E-state index in [0.717, 1.165) is 171 Å². The number of allylic oxidation sites excluding steroid dienone is 2. The molecule has 0 unspecified atom stereocenters. The highest BCUT2D eigenvalue weighted by molar-refractivity contribution is 6.08. The summed E-state index contributed by atoms with van der Waals surface area (Å²) >= 11 is 0. The highest BCUT2D eigenvalue weighted by atomic mass is 16.6. The van der Waals surface area contributed by atoms with Crippen LogP contribution in [0.15, 0.2) is 101 Å². The zero-order valence-corrected chi connectivity index (χ0v) is 64.6. The molecule has 10 atom stereocenters. The van der Waals surface area contributed by atoms with E-state index in [2.05, 4.69) is 107 Å². The van der Waals surface area contributed by atoms with Crippen LogP contribution in [0.2, 0.25) is 0 Å². The topological polar surface area (TPSA) is 288 Å². The first-order chi connectivity index (χ1) is 52.4. The van der Waals surface area contributed by atoms with Crippen molar-refractivity contribution in [2.24, 2.45) is 33.7 Å². The minimum absolute atomic E-state index is 0.0362. The van der Waals surface area contributed by atoms with E-state index in [0.29, 0.717) is 63.1 Å². The number of aryl methyl sites for hydroxylation is 1. The summed E-state index contributed by atoms with van der Waals surface area (Å²) in [6, 6.07) is 24.3. The van der Waals surface area contributed by atoms with Gasteiger partial charge in [0.25, 0.3) is 0 Å². The van der Waals surface area contributed by atoms with Gasteiger partial charge in [-0.15, -0.1) is 0 Å². The van der Waals surface area contributed by atoms with Crippen LogP contribution in [0, 0.1) is 23.7 Å². The lowest BCUT2D eigenvalue weighted by Crippen LogP contribution is -2.55. The Morgan fingerprint density at radius 2 is 1.18 bits per heavy atom. The maximum absolute atomic E-state index is 14.0. The summed E-state index contributed by atoms with van der Waals surface area (Å²) in [6.07, 6.45) is 14.2. The van der Waals surface area contributed by atoms with Crippen LogP contribution in [-0.2, 0) is 49.9 Å². The van der Waals surface area contributed by atoms with Crippen LogP contribution >= 0.6 is 0 Å². The van der Waals surface area contributed by atoms with Crippen LogP contribution in [0.25, 0.3) is 61.1 Å². The van der Waals surface area contributed by atoms with E-state index in [-0.39, 0.29) is 79.1 Å². The summed E-state index contributed by atoms with van der Waals surface area (Å²) in [7, 11) is 2.63. The number of hydrogen-bond donors (Lipinski definition) is 6. The molecule has 109 heavy (non-hydrogen) atoms. The minimum Gasteiger partial charge on any atom is -0.488 e. The van der Waals surface area contributed by atoms with E-state index in [1.54, 1.807) is 4.90 Å². The molecule has 2 aliphatic carbocycles. The average Bonchev–Trinajstić information content (AvgIpc) is 1.71. The summed E-state index contributed by atoms with van der Waals surface area (Å²) in [5.74, 6) is 4.27. The van der Waals surface area contributed by atoms with Crippen LogP contribution in [0.5, 0.6) is 11.5 Å². The van der Waals surface area contributed by atoms with Gasteiger partial charge in [-0.2, -0.15) is 0 Å². The van der Waals surface area contributed by atoms with E-state index in [4.69, 9.17) is 43.6 Å². The molecular formula is C86H103N11O12. The van der Waals surface area contributed by atoms with Crippen molar-refractivity contribution in [3.05, 3.63) is 130 Å². The first-order valence-corrected chi connectivity index (χ1v) is 39.3. The molecule has 7 aromatic rings. The van der Waals surface area contributed by atoms with Gasteiger partial charge in [0.1, 0.15) is 54.0 Å². The fourth-order valence-electron chi connectivity index (χ4n) is 18.4. The highest BCUT2D eigenvalue weighted by Gasteiger charge is 2.46. The van der Waals surface area contributed by atoms with Crippen LogP contribution in [0.4, 0.5) is 20.1 Å². The second kappa shape index (κ2) is 30.5. The molecule has 574 valence electrons. The van der Waals surface area contributed by atoms with Gasteiger partial charge in [-0.3, -0.25) is 24.5 Å². The molecule has 6 N–H and O–H groups in total. The van der Waals surface area contributed by atoms with Crippen molar-refractivity contribution in [2.45, 2.75) is 219 Å². The normalized spacial score (nSPS) is 22.8. The molecule has 5 amide bonds. The summed E-state index contributed by atoms with van der Waals surface area (Å²) < 4.78 is 28.3. The predicted octanol–water partition coefficient (Wildman–Crippen LogP) is 15.0. The highest BCUT2D eigenvalue weighted by Crippen LogP contribution is 2.50. The summed E-state index contributed by atoms with van der Waals surface area (Å²) in [4.78, 5) is 97.9. The number of carbonyl (C=O) groups excluding carboxylic acids is 5. The van der Waals surface area contributed by atoms with Crippen molar-refractivity contribution < 1.29 is 57.9 Å². The van der Waals surface area contributed by atoms with Crippen molar-refractivity contribution in [2.75, 3.05) is 34.0 Å². The van der Waals surface area contributed by atoms with Gasteiger partial charge in [0.05, 0.1) is 61.8 Å². The van der Waals surface area contributed by atoms with Gasteiger partial charge in [-0.05, 0) is 244 Å². The number of carbonyl (C=O) groups is 5. The van der Waals surface area contributed by atoms with E-state index >= 15 is 0 Å². The number of aliphatic hydroxyl groups excluding tert-OH is 2. The number of aliphatic hydroxyl groups is 2. The Bertz CT molecular complexity index is 4810. The molecule has 2 aromatic heterocycles. The number of methoxy groups -OCH3 is 2. The molecule has 1 saturated carbocycles. The molecular weight excluding hydrogens is 1380 g/mol. The number of hydrogen-bond acceptors (Lipinski definition) is 16. The smallest absolute Gasteiger partial charge is 0.410 e. The number of likely N-dealkylation sites (tertiary alicyclic amines) is 3. The largest absolute Gasteiger partial charge is 0.488 e. The molecule has 0 spiro atoms. The molecule has 0 radical (unpaired) electrons. The molecule has 23 nitrogen and oxygen atoms in total. The monoisotopic (exact) mass is 1480 g/mol. The number of alkyl carbamates (subject to hydrolysis) is 2. The maximum Gasteiger partial charge on any atom is 0.410 e. The Hall–Kier alpha value is -9.87. The minimum atomic E-state index is -0.681. The molecule has 7 aliphatic heterocycles. The average molecular weight is 1480 g/mol. The quantitative estimate of drug-likeness (QED) is 0.0491. The van der Waals surface area contributed by atoms with E-state index in [9.17, 15) is 34.2 Å². The lowest BCUT2D eigenvalue weighted by molar-refractivity contribution is -0.136. The zero-order chi connectivity index (χ0) is 76.4. The maximum atomic E-state index is 14.0. The van der Waals surface area contributed by atoms with Crippen LogP contribution in [0.1, 0.15) is 191 Å². The van der Waals surface area contributed by atoms with Gasteiger partial charge in [-0.25, -0.2) is 24.4 Å². The Morgan fingerprint density at radius 3 is 1.78 bits per heavy atom. The Balaban J connectivity index is 0.000000175. The number of ether oxygens (including phenoxy) is 5. The molecule has 3 saturated heterocycles. The van der Waals surface area contributed by atoms with Gasteiger partial charge >= 0.3 is 18.3 Å². The molecule has 16 rings (SSSR count). The van der Waals surface area contributed by atoms with Crippen molar-refractivity contribution in [3.63, 3.8) is 0 Å². The number of H-pyrrole nitrogens is 2. The van der Waals surface area contributed by atoms with Gasteiger partial charge in [0.2, 0.25) is 11.8 Å². The fraction of sp³-hybridized carbons (Fsp3) is 0.500. The number of benzene rings is 5. The summed E-state index contributed by atoms with van der Waals surface area (Å²) in [6.45, 7) is 19.2. The Kier molecular flexibility index (Phi) is 20.9. The van der Waals surface area contributed by atoms with Crippen LogP contribution in [-0.4, -0.2) is 162 Å². The molecule has 4 fully saturated rings. The van der Waals surface area contributed by atoms with E-state index in [1.807, 2.05) is 70.7 Å². The number of fused-ring (bicyclic) bond motifs is 11. The number of nitrogens with one attached hydrogen (secondary N) is 4. The van der Waals surface area contributed by atoms with Crippen molar-refractivity contribution >= 4 is 63.6 Å². The first kappa shape index (κ1) is 74.6.